The molecule has 14 heavy (non-hydrogen) atoms. The summed E-state index contributed by atoms with van der Waals surface area (Å²) in [6, 6.07) is 1.60. The molecular formula is C9H7ClN2O2. The van der Waals surface area contributed by atoms with E-state index in [1.165, 1.54) is 6.92 Å². The lowest BCUT2D eigenvalue weighted by atomic mass is 10.3. The zero-order valence-corrected chi connectivity index (χ0v) is 8.13. The number of nitrogens with zero attached hydrogens (tertiary/aromatic N) is 1. The van der Waals surface area contributed by atoms with Gasteiger partial charge in [0.15, 0.2) is 0 Å². The van der Waals surface area contributed by atoms with E-state index in [9.17, 15) is 4.79 Å². The molecule has 0 aliphatic carbocycles. The summed E-state index contributed by atoms with van der Waals surface area (Å²) in [6.45, 7) is 1.34. The van der Waals surface area contributed by atoms with Crippen LogP contribution < -0.4 is 4.74 Å². The summed E-state index contributed by atoms with van der Waals surface area (Å²) in [7, 11) is 0. The highest BCUT2D eigenvalue weighted by molar-refractivity contribution is 6.36. The second-order valence-corrected chi connectivity index (χ2v) is 3.17. The quantitative estimate of drug-likeness (QED) is 0.734. The summed E-state index contributed by atoms with van der Waals surface area (Å²) >= 11 is 5.90. The molecule has 72 valence electrons. The van der Waals surface area contributed by atoms with Crippen LogP contribution in [0.25, 0.3) is 11.0 Å². The molecule has 0 aliphatic rings. The van der Waals surface area contributed by atoms with Gasteiger partial charge in [-0.05, 0) is 0 Å². The average molecular weight is 211 g/mol. The Morgan fingerprint density at radius 1 is 1.64 bits per heavy atom. The molecule has 2 heterocycles. The van der Waals surface area contributed by atoms with Crippen LogP contribution in [0.4, 0.5) is 0 Å². The monoisotopic (exact) mass is 210 g/mol. The van der Waals surface area contributed by atoms with Crippen molar-refractivity contribution in [3.05, 3.63) is 23.5 Å². The fourth-order valence-corrected chi connectivity index (χ4v) is 1.47. The predicted octanol–water partition coefficient (Wildman–Crippen LogP) is 2.14. The summed E-state index contributed by atoms with van der Waals surface area (Å²) < 4.78 is 4.98. The molecule has 0 fully saturated rings. The third-order valence-electron chi connectivity index (χ3n) is 1.74. The van der Waals surface area contributed by atoms with Crippen LogP contribution in [0.1, 0.15) is 6.92 Å². The summed E-state index contributed by atoms with van der Waals surface area (Å²) in [5, 5.41) is 1.12. The fraction of sp³-hybridized carbons (Fsp3) is 0.111. The number of fused-ring (bicyclic) bond motifs is 1. The van der Waals surface area contributed by atoms with Crippen molar-refractivity contribution in [1.82, 2.24) is 9.97 Å². The Bertz CT molecular complexity index is 493. The van der Waals surface area contributed by atoms with Gasteiger partial charge in [0.05, 0.1) is 10.4 Å². The molecular weight excluding hydrogens is 204 g/mol. The highest BCUT2D eigenvalue weighted by Crippen LogP contribution is 2.30. The maximum atomic E-state index is 10.8. The minimum atomic E-state index is -0.380. The molecule has 2 aromatic rings. The lowest BCUT2D eigenvalue weighted by Gasteiger charge is -2.01. The van der Waals surface area contributed by atoms with Gasteiger partial charge in [-0.25, -0.2) is 4.98 Å². The maximum Gasteiger partial charge on any atom is 0.308 e. The normalized spacial score (nSPS) is 10.4. The van der Waals surface area contributed by atoms with E-state index in [1.54, 1.807) is 18.5 Å². The Morgan fingerprint density at radius 2 is 2.43 bits per heavy atom. The number of rotatable bonds is 1. The minimum absolute atomic E-state index is 0.380. The number of hydrogen-bond acceptors (Lipinski definition) is 3. The summed E-state index contributed by atoms with van der Waals surface area (Å²) in [5.41, 5.74) is 0.605. The number of ether oxygens (including phenoxy) is 1. The van der Waals surface area contributed by atoms with Gasteiger partial charge in [0, 0.05) is 25.4 Å². The summed E-state index contributed by atoms with van der Waals surface area (Å²) in [6.07, 6.45) is 3.15. The van der Waals surface area contributed by atoms with Crippen molar-refractivity contribution in [2.45, 2.75) is 6.92 Å². The Morgan fingerprint density at radius 3 is 3.14 bits per heavy atom. The summed E-state index contributed by atoms with van der Waals surface area (Å²) in [5.74, 6) is 0.0449. The first-order chi connectivity index (χ1) is 6.68. The third-order valence-corrected chi connectivity index (χ3v) is 2.04. The van der Waals surface area contributed by atoms with Gasteiger partial charge in [-0.3, -0.25) is 4.79 Å². The van der Waals surface area contributed by atoms with E-state index in [0.717, 1.165) is 0 Å². The first kappa shape index (κ1) is 9.02. The minimum Gasteiger partial charge on any atom is -0.426 e. The first-order valence-electron chi connectivity index (χ1n) is 3.98. The van der Waals surface area contributed by atoms with Crippen LogP contribution in [-0.4, -0.2) is 15.9 Å². The van der Waals surface area contributed by atoms with Crippen molar-refractivity contribution in [2.24, 2.45) is 0 Å². The van der Waals surface area contributed by atoms with Crippen molar-refractivity contribution in [2.75, 3.05) is 0 Å². The number of pyridine rings is 1. The van der Waals surface area contributed by atoms with Crippen LogP contribution in [0, 0.1) is 0 Å². The number of nitrogens with one attached hydrogen (secondary N) is 1. The summed E-state index contributed by atoms with van der Waals surface area (Å²) in [4.78, 5) is 17.7. The zero-order valence-electron chi connectivity index (χ0n) is 7.37. The van der Waals surface area contributed by atoms with Gasteiger partial charge in [0.2, 0.25) is 0 Å². The second kappa shape index (κ2) is 3.31. The molecule has 5 heteroatoms. The Labute approximate surface area is 84.9 Å². The molecule has 0 saturated heterocycles. The molecule has 0 amide bonds. The van der Waals surface area contributed by atoms with Gasteiger partial charge in [-0.15, -0.1) is 0 Å². The fourth-order valence-electron chi connectivity index (χ4n) is 1.23. The number of halogens is 1. The van der Waals surface area contributed by atoms with Gasteiger partial charge in [-0.2, -0.15) is 0 Å². The molecule has 0 bridgehead atoms. The molecule has 0 saturated carbocycles. The van der Waals surface area contributed by atoms with E-state index in [4.69, 9.17) is 16.3 Å². The number of hydrogen-bond donors (Lipinski definition) is 1. The lowest BCUT2D eigenvalue weighted by Crippen LogP contribution is -2.01. The predicted molar refractivity (Wildman–Crippen MR) is 52.4 cm³/mol. The SMILES string of the molecule is CC(=O)Oc1ccnc2[nH]cc(Cl)c12. The molecule has 2 aromatic heterocycles. The number of H-pyrrole nitrogens is 1. The van der Waals surface area contributed by atoms with E-state index in [0.29, 0.717) is 21.8 Å². The standard InChI is InChI=1S/C9H7ClN2O2/c1-5(13)14-7-2-3-11-9-8(7)6(10)4-12-9/h2-4H,1H3,(H,11,12). The van der Waals surface area contributed by atoms with Crippen molar-refractivity contribution in [3.63, 3.8) is 0 Å². The molecule has 0 spiro atoms. The van der Waals surface area contributed by atoms with Gasteiger partial charge in [-0.1, -0.05) is 11.6 Å². The van der Waals surface area contributed by atoms with E-state index >= 15 is 0 Å². The maximum absolute atomic E-state index is 10.8. The van der Waals surface area contributed by atoms with Crippen LogP contribution in [0.5, 0.6) is 5.75 Å². The second-order valence-electron chi connectivity index (χ2n) is 2.76. The van der Waals surface area contributed by atoms with E-state index in [1.807, 2.05) is 0 Å². The number of esters is 1. The number of carbonyl (C=O) groups excluding carboxylic acids is 1. The first-order valence-corrected chi connectivity index (χ1v) is 4.36. The number of aromatic nitrogens is 2. The van der Waals surface area contributed by atoms with Crippen LogP contribution in [0.15, 0.2) is 18.5 Å². The van der Waals surface area contributed by atoms with Gasteiger partial charge >= 0.3 is 5.97 Å². The zero-order chi connectivity index (χ0) is 10.1. The third kappa shape index (κ3) is 1.44. The molecule has 2 rings (SSSR count). The highest BCUT2D eigenvalue weighted by Gasteiger charge is 2.10. The van der Waals surface area contributed by atoms with Crippen molar-refractivity contribution in [3.8, 4) is 5.75 Å². The van der Waals surface area contributed by atoms with Crippen LogP contribution >= 0.6 is 11.6 Å². The van der Waals surface area contributed by atoms with E-state index in [2.05, 4.69) is 9.97 Å². The highest BCUT2D eigenvalue weighted by atomic mass is 35.5. The largest absolute Gasteiger partial charge is 0.426 e. The molecule has 0 atom stereocenters. The number of aromatic amines is 1. The van der Waals surface area contributed by atoms with Crippen molar-refractivity contribution in [1.29, 1.82) is 0 Å². The van der Waals surface area contributed by atoms with Crippen LogP contribution in [0.2, 0.25) is 5.02 Å². The van der Waals surface area contributed by atoms with E-state index < -0.39 is 0 Å². The van der Waals surface area contributed by atoms with E-state index in [-0.39, 0.29) is 5.97 Å². The molecule has 0 aliphatic heterocycles. The molecule has 0 aromatic carbocycles. The lowest BCUT2D eigenvalue weighted by molar-refractivity contribution is -0.131. The van der Waals surface area contributed by atoms with Crippen molar-refractivity contribution < 1.29 is 9.53 Å². The Balaban J connectivity index is 2.63. The average Bonchev–Trinajstić information content (AvgIpc) is 2.48. The topological polar surface area (TPSA) is 55.0 Å². The molecule has 0 unspecified atom stereocenters. The van der Waals surface area contributed by atoms with Gasteiger partial charge in [0.25, 0.3) is 0 Å². The van der Waals surface area contributed by atoms with Crippen LogP contribution in [0.3, 0.4) is 0 Å². The van der Waals surface area contributed by atoms with Gasteiger partial charge < -0.3 is 9.72 Å². The molecule has 4 nitrogen and oxygen atoms in total. The number of carbonyl (C=O) groups is 1. The molecule has 1 N–H and O–H groups in total. The molecule has 0 radical (unpaired) electrons. The van der Waals surface area contributed by atoms with Crippen LogP contribution in [-0.2, 0) is 4.79 Å². The smallest absolute Gasteiger partial charge is 0.308 e. The Hall–Kier alpha value is -1.55. The van der Waals surface area contributed by atoms with Gasteiger partial charge in [0.1, 0.15) is 11.4 Å². The van der Waals surface area contributed by atoms with Crippen molar-refractivity contribution >= 4 is 28.6 Å². The Kier molecular flexibility index (Phi) is 2.13.